The van der Waals surface area contributed by atoms with E-state index in [9.17, 15) is 28.2 Å². The summed E-state index contributed by atoms with van der Waals surface area (Å²) in [6.07, 6.45) is -1.32. The molecule has 5 atom stereocenters. The predicted octanol–water partition coefficient (Wildman–Crippen LogP) is 3.38. The van der Waals surface area contributed by atoms with Gasteiger partial charge in [0.05, 0.1) is 24.6 Å². The van der Waals surface area contributed by atoms with Crippen molar-refractivity contribution in [1.82, 2.24) is 25.1 Å². The van der Waals surface area contributed by atoms with Crippen LogP contribution < -0.4 is 0 Å². The third-order valence-corrected chi connectivity index (χ3v) is 7.88. The Morgan fingerprint density at radius 2 is 1.80 bits per heavy atom. The molecule has 2 aliphatic heterocycles. The van der Waals surface area contributed by atoms with Crippen molar-refractivity contribution in [2.24, 2.45) is 0 Å². The Bertz CT molecular complexity index is 1430. The minimum atomic E-state index is -1.60. The standard InChI is InChI=1S/C29H36F3N5O7/c1-29(2,3)43-28(40)36-7-5-15(6-8-36)20-11-17(44-34-20)12-22-27(41-4)25(26(39)23(14-38)42-22)37-13-21(33-35-37)16-9-18(30)24(32)19(31)10-16/h9-11,13,15,22-23,25-27,38-39H,5-8,12,14H2,1-4H3/t22-,23-,25+,26+,27+/m1/s1. The average molecular weight is 624 g/mol. The first-order valence-electron chi connectivity index (χ1n) is 14.4. The highest BCUT2D eigenvalue weighted by molar-refractivity contribution is 5.68. The van der Waals surface area contributed by atoms with Crippen molar-refractivity contribution in [2.75, 3.05) is 26.8 Å². The molecule has 2 aliphatic rings. The van der Waals surface area contributed by atoms with E-state index in [1.165, 1.54) is 18.0 Å². The largest absolute Gasteiger partial charge is 0.444 e. The summed E-state index contributed by atoms with van der Waals surface area (Å²) in [6.45, 7) is 6.00. The Balaban J connectivity index is 1.30. The van der Waals surface area contributed by atoms with Gasteiger partial charge < -0.3 is 33.8 Å². The molecule has 3 aromatic rings. The number of hydrogen-bond donors (Lipinski definition) is 2. The van der Waals surface area contributed by atoms with Gasteiger partial charge in [-0.15, -0.1) is 5.10 Å². The molecule has 4 heterocycles. The molecule has 0 spiro atoms. The van der Waals surface area contributed by atoms with Gasteiger partial charge in [-0.25, -0.2) is 22.6 Å². The average Bonchev–Trinajstić information content (AvgIpc) is 3.66. The zero-order valence-corrected chi connectivity index (χ0v) is 24.8. The van der Waals surface area contributed by atoms with E-state index in [4.69, 9.17) is 18.7 Å². The van der Waals surface area contributed by atoms with Crippen LogP contribution in [0.15, 0.2) is 28.9 Å². The molecule has 2 N–H and O–H groups in total. The number of aliphatic hydroxyl groups is 2. The van der Waals surface area contributed by atoms with Crippen LogP contribution in [-0.2, 0) is 20.6 Å². The minimum absolute atomic E-state index is 0.0334. The second-order valence-corrected chi connectivity index (χ2v) is 12.1. The van der Waals surface area contributed by atoms with E-state index < -0.39 is 60.1 Å². The second-order valence-electron chi connectivity index (χ2n) is 12.1. The number of amides is 1. The molecular weight excluding hydrogens is 587 g/mol. The summed E-state index contributed by atoms with van der Waals surface area (Å²) in [5.41, 5.74) is 0.150. The summed E-state index contributed by atoms with van der Waals surface area (Å²) in [7, 11) is 1.42. The maximum atomic E-state index is 13.8. The number of rotatable bonds is 7. The lowest BCUT2D eigenvalue weighted by Gasteiger charge is -2.43. The van der Waals surface area contributed by atoms with Crippen LogP contribution in [0.1, 0.15) is 57.0 Å². The maximum Gasteiger partial charge on any atom is 0.410 e. The van der Waals surface area contributed by atoms with Crippen molar-refractivity contribution in [3.63, 3.8) is 0 Å². The molecule has 0 saturated carbocycles. The summed E-state index contributed by atoms with van der Waals surface area (Å²) in [5, 5.41) is 33.3. The fourth-order valence-corrected chi connectivity index (χ4v) is 5.69. The number of methoxy groups -OCH3 is 1. The highest BCUT2D eigenvalue weighted by Gasteiger charge is 2.47. The number of nitrogens with zero attached hydrogens (tertiary/aromatic N) is 5. The normalized spacial score (nSPS) is 24.9. The van der Waals surface area contributed by atoms with Gasteiger partial charge in [-0.3, -0.25) is 0 Å². The van der Waals surface area contributed by atoms with Gasteiger partial charge in [-0.2, -0.15) is 0 Å². The second kappa shape index (κ2) is 12.8. The van der Waals surface area contributed by atoms with Crippen LogP contribution in [0.3, 0.4) is 0 Å². The summed E-state index contributed by atoms with van der Waals surface area (Å²) in [6, 6.07) is 2.49. The zero-order chi connectivity index (χ0) is 31.8. The van der Waals surface area contributed by atoms with Crippen LogP contribution in [0.5, 0.6) is 0 Å². The molecule has 0 radical (unpaired) electrons. The number of aromatic nitrogens is 4. The first kappa shape index (κ1) is 31.9. The summed E-state index contributed by atoms with van der Waals surface area (Å²) in [4.78, 5) is 14.1. The Morgan fingerprint density at radius 3 is 2.41 bits per heavy atom. The van der Waals surface area contributed by atoms with Gasteiger partial charge in [0, 0.05) is 44.2 Å². The molecule has 2 aromatic heterocycles. The van der Waals surface area contributed by atoms with E-state index in [-0.39, 0.29) is 29.7 Å². The van der Waals surface area contributed by atoms with Gasteiger partial charge >= 0.3 is 6.09 Å². The molecule has 0 aliphatic carbocycles. The number of ether oxygens (including phenoxy) is 3. The van der Waals surface area contributed by atoms with Crippen LogP contribution in [0.25, 0.3) is 11.3 Å². The Hall–Kier alpha value is -3.53. The van der Waals surface area contributed by atoms with E-state index in [1.807, 2.05) is 26.8 Å². The Kier molecular flexibility index (Phi) is 9.30. The molecular formula is C29H36F3N5O7. The predicted molar refractivity (Wildman–Crippen MR) is 147 cm³/mol. The molecule has 0 unspecified atom stereocenters. The van der Waals surface area contributed by atoms with Crippen molar-refractivity contribution in [1.29, 1.82) is 0 Å². The van der Waals surface area contributed by atoms with Crippen molar-refractivity contribution in [3.05, 3.63) is 53.3 Å². The van der Waals surface area contributed by atoms with E-state index in [2.05, 4.69) is 15.5 Å². The van der Waals surface area contributed by atoms with E-state index in [0.29, 0.717) is 31.7 Å². The number of aliphatic hydroxyl groups excluding tert-OH is 2. The SMILES string of the molecule is CO[C@@H]1[C@@H](n2cc(-c3cc(F)c(F)c(F)c3)nn2)[C@@H](O)[C@@H](CO)O[C@@H]1Cc1cc(C2CCN(C(=O)OC(C)(C)C)CC2)no1. The van der Waals surface area contributed by atoms with Gasteiger partial charge in [0.1, 0.15) is 41.4 Å². The highest BCUT2D eigenvalue weighted by atomic mass is 19.2. The quantitative estimate of drug-likeness (QED) is 0.376. The van der Waals surface area contributed by atoms with Crippen LogP contribution in [0, 0.1) is 17.5 Å². The smallest absolute Gasteiger partial charge is 0.410 e. The highest BCUT2D eigenvalue weighted by Crippen LogP contribution is 2.35. The lowest BCUT2D eigenvalue weighted by molar-refractivity contribution is -0.212. The fraction of sp³-hybridized carbons (Fsp3) is 0.586. The first-order valence-corrected chi connectivity index (χ1v) is 14.4. The van der Waals surface area contributed by atoms with Crippen LogP contribution in [-0.4, -0.2) is 98.2 Å². The number of hydrogen-bond acceptors (Lipinski definition) is 10. The van der Waals surface area contributed by atoms with Crippen LogP contribution in [0.2, 0.25) is 0 Å². The van der Waals surface area contributed by atoms with Gasteiger partial charge in [0.25, 0.3) is 0 Å². The topological polar surface area (TPSA) is 145 Å². The van der Waals surface area contributed by atoms with E-state index in [0.717, 1.165) is 17.8 Å². The number of halogens is 3. The van der Waals surface area contributed by atoms with Crippen LogP contribution >= 0.6 is 0 Å². The minimum Gasteiger partial charge on any atom is -0.444 e. The number of likely N-dealkylation sites (tertiary alicyclic amines) is 1. The van der Waals surface area contributed by atoms with E-state index >= 15 is 0 Å². The van der Waals surface area contributed by atoms with Gasteiger partial charge in [-0.1, -0.05) is 10.4 Å². The summed E-state index contributed by atoms with van der Waals surface area (Å²) in [5.74, 6) is -3.79. The molecule has 12 nitrogen and oxygen atoms in total. The van der Waals surface area contributed by atoms with Crippen molar-refractivity contribution in [3.8, 4) is 11.3 Å². The molecule has 15 heteroatoms. The monoisotopic (exact) mass is 623 g/mol. The maximum absolute atomic E-state index is 13.8. The van der Waals surface area contributed by atoms with E-state index in [1.54, 1.807) is 4.90 Å². The lowest BCUT2D eigenvalue weighted by Crippen LogP contribution is -2.57. The first-order chi connectivity index (χ1) is 20.9. The van der Waals surface area contributed by atoms with Crippen molar-refractivity contribution < 1.29 is 46.9 Å². The Morgan fingerprint density at radius 1 is 1.11 bits per heavy atom. The summed E-state index contributed by atoms with van der Waals surface area (Å²) < 4.78 is 65.2. The Labute approximate surface area is 251 Å². The fourth-order valence-electron chi connectivity index (χ4n) is 5.69. The van der Waals surface area contributed by atoms with Crippen molar-refractivity contribution in [2.45, 2.75) is 82.0 Å². The van der Waals surface area contributed by atoms with Gasteiger partial charge in [-0.05, 0) is 45.7 Å². The molecule has 240 valence electrons. The number of benzene rings is 1. The number of carbonyl (C=O) groups is 1. The third-order valence-electron chi connectivity index (χ3n) is 7.88. The third kappa shape index (κ3) is 6.75. The van der Waals surface area contributed by atoms with Crippen LogP contribution in [0.4, 0.5) is 18.0 Å². The van der Waals surface area contributed by atoms with Gasteiger partial charge in [0.15, 0.2) is 17.5 Å². The van der Waals surface area contributed by atoms with Crippen molar-refractivity contribution >= 4 is 6.09 Å². The molecule has 1 amide bonds. The summed E-state index contributed by atoms with van der Waals surface area (Å²) >= 11 is 0. The molecule has 1 aromatic carbocycles. The number of piperidine rings is 1. The molecule has 0 bridgehead atoms. The zero-order valence-electron chi connectivity index (χ0n) is 24.8. The lowest BCUT2D eigenvalue weighted by atomic mass is 9.90. The molecule has 44 heavy (non-hydrogen) atoms. The number of carbonyl (C=O) groups excluding carboxylic acids is 1. The van der Waals surface area contributed by atoms with Gasteiger partial charge in [0.2, 0.25) is 0 Å². The molecule has 2 saturated heterocycles. The molecule has 5 rings (SSSR count). The molecule has 2 fully saturated rings.